The fourth-order valence-corrected chi connectivity index (χ4v) is 3.22. The second-order valence-electron chi connectivity index (χ2n) is 6.28. The summed E-state index contributed by atoms with van der Waals surface area (Å²) in [5.41, 5.74) is 5.92. The lowest BCUT2D eigenvalue weighted by atomic mass is 9.86. The largest absolute Gasteiger partial charge is 0.343 e. The molecule has 1 atom stereocenters. The van der Waals surface area contributed by atoms with E-state index in [1.165, 1.54) is 12.8 Å². The van der Waals surface area contributed by atoms with Gasteiger partial charge in [-0.05, 0) is 51.6 Å². The average molecular weight is 283 g/mol. The number of nitrogens with two attached hydrogens (primary N) is 1. The minimum atomic E-state index is 0.219. The highest BCUT2D eigenvalue weighted by Gasteiger charge is 2.27. The van der Waals surface area contributed by atoms with Crippen LogP contribution in [0.25, 0.3) is 0 Å². The number of hydrogen-bond donors (Lipinski definition) is 1. The molecule has 1 heterocycles. The van der Waals surface area contributed by atoms with Crippen LogP contribution in [-0.4, -0.2) is 54.5 Å². The van der Waals surface area contributed by atoms with Crippen molar-refractivity contribution in [3.63, 3.8) is 0 Å². The SMILES string of the molecule is CCN(CC)C(=O)CC(CN)N1CCC(C(C)C)CC1. The quantitative estimate of drug-likeness (QED) is 0.777. The Balaban J connectivity index is 2.49. The van der Waals surface area contributed by atoms with Crippen molar-refractivity contribution < 1.29 is 4.79 Å². The minimum absolute atomic E-state index is 0.219. The molecule has 4 heteroatoms. The van der Waals surface area contributed by atoms with Crippen molar-refractivity contribution in [1.29, 1.82) is 0 Å². The van der Waals surface area contributed by atoms with Crippen LogP contribution in [0.4, 0.5) is 0 Å². The highest BCUT2D eigenvalue weighted by atomic mass is 16.2. The molecule has 0 radical (unpaired) electrons. The van der Waals surface area contributed by atoms with Gasteiger partial charge in [-0.15, -0.1) is 0 Å². The summed E-state index contributed by atoms with van der Waals surface area (Å²) in [6, 6.07) is 0.219. The van der Waals surface area contributed by atoms with Crippen LogP contribution in [0, 0.1) is 11.8 Å². The van der Waals surface area contributed by atoms with E-state index < -0.39 is 0 Å². The summed E-state index contributed by atoms with van der Waals surface area (Å²) in [6.07, 6.45) is 3.06. The first-order chi connectivity index (χ1) is 9.53. The predicted octanol–water partition coefficient (Wildman–Crippen LogP) is 1.94. The van der Waals surface area contributed by atoms with Gasteiger partial charge in [-0.3, -0.25) is 9.69 Å². The first kappa shape index (κ1) is 17.4. The number of carbonyl (C=O) groups is 1. The highest BCUT2D eigenvalue weighted by molar-refractivity contribution is 5.76. The van der Waals surface area contributed by atoms with Crippen LogP contribution in [-0.2, 0) is 4.79 Å². The number of rotatable bonds is 7. The van der Waals surface area contributed by atoms with Gasteiger partial charge in [-0.1, -0.05) is 13.8 Å². The molecule has 1 unspecified atom stereocenters. The topological polar surface area (TPSA) is 49.6 Å². The molecule has 1 aliphatic rings. The predicted molar refractivity (Wildman–Crippen MR) is 84.5 cm³/mol. The Bertz CT molecular complexity index is 281. The van der Waals surface area contributed by atoms with E-state index >= 15 is 0 Å². The molecule has 1 rings (SSSR count). The fourth-order valence-electron chi connectivity index (χ4n) is 3.22. The zero-order valence-corrected chi connectivity index (χ0v) is 13.8. The lowest BCUT2D eigenvalue weighted by Gasteiger charge is -2.38. The van der Waals surface area contributed by atoms with Gasteiger partial charge in [0.05, 0.1) is 0 Å². The van der Waals surface area contributed by atoms with Crippen LogP contribution in [0.2, 0.25) is 0 Å². The lowest BCUT2D eigenvalue weighted by molar-refractivity contribution is -0.132. The number of nitrogens with zero attached hydrogens (tertiary/aromatic N) is 2. The molecule has 20 heavy (non-hydrogen) atoms. The molecule has 0 bridgehead atoms. The third-order valence-electron chi connectivity index (χ3n) is 4.83. The summed E-state index contributed by atoms with van der Waals surface area (Å²) < 4.78 is 0. The van der Waals surface area contributed by atoms with Gasteiger partial charge in [-0.2, -0.15) is 0 Å². The van der Waals surface area contributed by atoms with E-state index in [1.54, 1.807) is 0 Å². The third-order valence-corrected chi connectivity index (χ3v) is 4.83. The highest BCUT2D eigenvalue weighted by Crippen LogP contribution is 2.26. The van der Waals surface area contributed by atoms with Crippen LogP contribution < -0.4 is 5.73 Å². The molecule has 0 saturated carbocycles. The van der Waals surface area contributed by atoms with Gasteiger partial charge in [0, 0.05) is 32.1 Å². The second-order valence-corrected chi connectivity index (χ2v) is 6.28. The molecule has 1 aliphatic heterocycles. The summed E-state index contributed by atoms with van der Waals surface area (Å²) in [5.74, 6) is 1.85. The van der Waals surface area contributed by atoms with Gasteiger partial charge in [0.2, 0.25) is 5.91 Å². The number of hydrogen-bond acceptors (Lipinski definition) is 3. The molecule has 1 amide bonds. The maximum atomic E-state index is 12.2. The second kappa shape index (κ2) is 8.63. The summed E-state index contributed by atoms with van der Waals surface area (Å²) in [6.45, 7) is 13.0. The fraction of sp³-hybridized carbons (Fsp3) is 0.938. The molecule has 1 fully saturated rings. The van der Waals surface area contributed by atoms with Crippen molar-refractivity contribution in [3.8, 4) is 0 Å². The maximum Gasteiger partial charge on any atom is 0.224 e. The van der Waals surface area contributed by atoms with Crippen molar-refractivity contribution in [2.24, 2.45) is 17.6 Å². The molecule has 0 aromatic heterocycles. The molecule has 4 nitrogen and oxygen atoms in total. The van der Waals surface area contributed by atoms with E-state index in [1.807, 2.05) is 18.7 Å². The van der Waals surface area contributed by atoms with E-state index in [2.05, 4.69) is 18.7 Å². The molecule has 2 N–H and O–H groups in total. The summed E-state index contributed by atoms with van der Waals surface area (Å²) in [5, 5.41) is 0. The first-order valence-electron chi connectivity index (χ1n) is 8.25. The van der Waals surface area contributed by atoms with Crippen molar-refractivity contribution in [1.82, 2.24) is 9.80 Å². The maximum absolute atomic E-state index is 12.2. The van der Waals surface area contributed by atoms with Gasteiger partial charge < -0.3 is 10.6 Å². The zero-order valence-electron chi connectivity index (χ0n) is 13.8. The van der Waals surface area contributed by atoms with E-state index in [0.717, 1.165) is 38.0 Å². The molecule has 0 aromatic rings. The van der Waals surface area contributed by atoms with Crippen molar-refractivity contribution in [2.75, 3.05) is 32.7 Å². The third kappa shape index (κ3) is 4.74. The van der Waals surface area contributed by atoms with Crippen LogP contribution in [0.3, 0.4) is 0 Å². The van der Waals surface area contributed by atoms with E-state index in [9.17, 15) is 4.79 Å². The van der Waals surface area contributed by atoms with Gasteiger partial charge >= 0.3 is 0 Å². The number of likely N-dealkylation sites (tertiary alicyclic amines) is 1. The summed E-state index contributed by atoms with van der Waals surface area (Å²) in [4.78, 5) is 16.6. The van der Waals surface area contributed by atoms with Crippen LogP contribution >= 0.6 is 0 Å². The normalized spacial score (nSPS) is 19.3. The number of amides is 1. The Morgan fingerprint density at radius 2 is 1.80 bits per heavy atom. The molecular formula is C16H33N3O. The van der Waals surface area contributed by atoms with Gasteiger partial charge in [0.25, 0.3) is 0 Å². The smallest absolute Gasteiger partial charge is 0.224 e. The average Bonchev–Trinajstić information content (AvgIpc) is 2.46. The Morgan fingerprint density at radius 3 is 2.20 bits per heavy atom. The molecular weight excluding hydrogens is 250 g/mol. The summed E-state index contributed by atoms with van der Waals surface area (Å²) in [7, 11) is 0. The zero-order chi connectivity index (χ0) is 15.1. The van der Waals surface area contributed by atoms with E-state index in [0.29, 0.717) is 13.0 Å². The molecule has 0 spiro atoms. The Labute approximate surface area is 124 Å². The number of piperidine rings is 1. The summed E-state index contributed by atoms with van der Waals surface area (Å²) >= 11 is 0. The number of carbonyl (C=O) groups excluding carboxylic acids is 1. The first-order valence-corrected chi connectivity index (χ1v) is 8.25. The van der Waals surface area contributed by atoms with Crippen molar-refractivity contribution in [2.45, 2.75) is 53.0 Å². The van der Waals surface area contributed by atoms with Crippen molar-refractivity contribution in [3.05, 3.63) is 0 Å². The van der Waals surface area contributed by atoms with Gasteiger partial charge in [0.15, 0.2) is 0 Å². The lowest BCUT2D eigenvalue weighted by Crippen LogP contribution is -2.48. The Morgan fingerprint density at radius 1 is 1.25 bits per heavy atom. The standard InChI is InChI=1S/C16H33N3O/c1-5-18(6-2)16(20)11-15(12-17)19-9-7-14(8-10-19)13(3)4/h13-15H,5-12,17H2,1-4H3. The van der Waals surface area contributed by atoms with Crippen LogP contribution in [0.1, 0.15) is 47.0 Å². The molecule has 0 aromatic carbocycles. The van der Waals surface area contributed by atoms with E-state index in [4.69, 9.17) is 5.73 Å². The minimum Gasteiger partial charge on any atom is -0.343 e. The van der Waals surface area contributed by atoms with Crippen LogP contribution in [0.15, 0.2) is 0 Å². The molecule has 118 valence electrons. The van der Waals surface area contributed by atoms with Gasteiger partial charge in [0.1, 0.15) is 0 Å². The van der Waals surface area contributed by atoms with E-state index in [-0.39, 0.29) is 11.9 Å². The van der Waals surface area contributed by atoms with Crippen LogP contribution in [0.5, 0.6) is 0 Å². The molecule has 0 aliphatic carbocycles. The molecule has 1 saturated heterocycles. The Kier molecular flexibility index (Phi) is 7.52. The van der Waals surface area contributed by atoms with Crippen molar-refractivity contribution >= 4 is 5.91 Å². The monoisotopic (exact) mass is 283 g/mol. The Hall–Kier alpha value is -0.610. The van der Waals surface area contributed by atoms with Gasteiger partial charge in [-0.25, -0.2) is 0 Å².